The first-order valence-corrected chi connectivity index (χ1v) is 6.50. The van der Waals surface area contributed by atoms with Crippen LogP contribution in [0.1, 0.15) is 11.8 Å². The van der Waals surface area contributed by atoms with E-state index in [1.807, 2.05) is 18.0 Å². The Balaban J connectivity index is 2.60. The molecule has 2 atom stereocenters. The molecule has 0 aliphatic heterocycles. The number of rotatable bonds is 6. The third kappa shape index (κ3) is 3.80. The van der Waals surface area contributed by atoms with Crippen molar-refractivity contribution in [3.8, 4) is 0 Å². The first kappa shape index (κ1) is 14.2. The average molecular weight is 256 g/mol. The maximum absolute atomic E-state index is 11.6. The van der Waals surface area contributed by atoms with Crippen LogP contribution in [0.4, 0.5) is 0 Å². The van der Waals surface area contributed by atoms with E-state index >= 15 is 0 Å². The van der Waals surface area contributed by atoms with Gasteiger partial charge in [0.05, 0.1) is 7.11 Å². The third-order valence-corrected chi connectivity index (χ3v) is 3.86. The molecule has 4 nitrogen and oxygen atoms in total. The minimum absolute atomic E-state index is 0.251. The first-order chi connectivity index (χ1) is 8.10. The lowest BCUT2D eigenvalue weighted by Crippen LogP contribution is -2.49. The van der Waals surface area contributed by atoms with Gasteiger partial charge in [-0.3, -0.25) is 9.69 Å². The van der Waals surface area contributed by atoms with Crippen molar-refractivity contribution in [1.82, 2.24) is 4.90 Å². The molecule has 0 aliphatic rings. The summed E-state index contributed by atoms with van der Waals surface area (Å²) < 4.78 is 4.75. The van der Waals surface area contributed by atoms with E-state index in [-0.39, 0.29) is 24.6 Å². The summed E-state index contributed by atoms with van der Waals surface area (Å²) in [5, 5.41) is 2.06. The Morgan fingerprint density at radius 3 is 2.82 bits per heavy atom. The molecule has 0 bridgehead atoms. The molecule has 17 heavy (non-hydrogen) atoms. The van der Waals surface area contributed by atoms with Gasteiger partial charge in [0.2, 0.25) is 0 Å². The van der Waals surface area contributed by atoms with Crippen LogP contribution in [-0.2, 0) is 16.0 Å². The number of likely N-dealkylation sites (N-methyl/N-ethyl adjacent to an activating group) is 1. The fourth-order valence-corrected chi connectivity index (χ4v) is 2.56. The maximum Gasteiger partial charge on any atom is 0.324 e. The third-order valence-electron chi connectivity index (χ3n) is 2.96. The van der Waals surface area contributed by atoms with E-state index in [4.69, 9.17) is 10.5 Å². The largest absolute Gasteiger partial charge is 0.468 e. The van der Waals surface area contributed by atoms with E-state index in [1.54, 1.807) is 11.3 Å². The predicted octanol–water partition coefficient (Wildman–Crippen LogP) is 1.11. The van der Waals surface area contributed by atoms with Gasteiger partial charge in [0.15, 0.2) is 0 Å². The van der Waals surface area contributed by atoms with Crippen molar-refractivity contribution in [2.75, 3.05) is 20.7 Å². The quantitative estimate of drug-likeness (QED) is 0.775. The fourth-order valence-electron chi connectivity index (χ4n) is 1.74. The Hall–Kier alpha value is -0.910. The van der Waals surface area contributed by atoms with Crippen molar-refractivity contribution in [3.63, 3.8) is 0 Å². The second-order valence-electron chi connectivity index (χ2n) is 4.07. The second-order valence-corrected chi connectivity index (χ2v) is 5.10. The SMILES string of the molecule is COC(=O)C(CN)N(C)C(C)Cc1cccs1. The van der Waals surface area contributed by atoms with E-state index in [2.05, 4.69) is 18.4 Å². The molecule has 1 rings (SSSR count). The zero-order valence-corrected chi connectivity index (χ0v) is 11.4. The van der Waals surface area contributed by atoms with Crippen LogP contribution in [-0.4, -0.2) is 43.7 Å². The Bertz CT molecular complexity index is 340. The van der Waals surface area contributed by atoms with Gasteiger partial charge in [-0.2, -0.15) is 0 Å². The lowest BCUT2D eigenvalue weighted by atomic mass is 10.1. The smallest absolute Gasteiger partial charge is 0.324 e. The lowest BCUT2D eigenvalue weighted by molar-refractivity contribution is -0.146. The standard InChI is InChI=1S/C12H20N2O2S/c1-9(7-10-5-4-6-17-10)14(2)11(8-13)12(15)16-3/h4-6,9,11H,7-8,13H2,1-3H3. The number of hydrogen-bond donors (Lipinski definition) is 1. The molecule has 2 unspecified atom stereocenters. The highest BCUT2D eigenvalue weighted by Gasteiger charge is 2.26. The summed E-state index contributed by atoms with van der Waals surface area (Å²) in [6.45, 7) is 2.36. The Kier molecular flexibility index (Phi) is 5.61. The second kappa shape index (κ2) is 6.74. The summed E-state index contributed by atoms with van der Waals surface area (Å²) in [6.07, 6.45) is 0.918. The van der Waals surface area contributed by atoms with Crippen molar-refractivity contribution in [2.24, 2.45) is 5.73 Å². The number of ether oxygens (including phenoxy) is 1. The lowest BCUT2D eigenvalue weighted by Gasteiger charge is -2.30. The van der Waals surface area contributed by atoms with Crippen molar-refractivity contribution in [1.29, 1.82) is 0 Å². The molecule has 1 heterocycles. The van der Waals surface area contributed by atoms with Crippen molar-refractivity contribution < 1.29 is 9.53 Å². The Morgan fingerprint density at radius 1 is 1.65 bits per heavy atom. The van der Waals surface area contributed by atoms with E-state index < -0.39 is 0 Å². The van der Waals surface area contributed by atoms with Crippen LogP contribution in [0.15, 0.2) is 17.5 Å². The van der Waals surface area contributed by atoms with Crippen LogP contribution in [0.2, 0.25) is 0 Å². The zero-order valence-electron chi connectivity index (χ0n) is 10.6. The molecule has 0 spiro atoms. The van der Waals surface area contributed by atoms with Crippen LogP contribution in [0.5, 0.6) is 0 Å². The molecule has 2 N–H and O–H groups in total. The average Bonchev–Trinajstić information content (AvgIpc) is 2.82. The number of carbonyl (C=O) groups excluding carboxylic acids is 1. The molecule has 0 saturated heterocycles. The van der Waals surface area contributed by atoms with Crippen molar-refractivity contribution >= 4 is 17.3 Å². The van der Waals surface area contributed by atoms with Crippen molar-refractivity contribution in [2.45, 2.75) is 25.4 Å². The highest BCUT2D eigenvalue weighted by Crippen LogP contribution is 2.15. The van der Waals surface area contributed by atoms with Gasteiger partial charge in [0, 0.05) is 17.5 Å². The molecule has 0 fully saturated rings. The van der Waals surface area contributed by atoms with E-state index in [0.717, 1.165) is 6.42 Å². The fraction of sp³-hybridized carbons (Fsp3) is 0.583. The van der Waals surface area contributed by atoms with Gasteiger partial charge in [-0.05, 0) is 31.8 Å². The number of thiophene rings is 1. The molecule has 1 aromatic rings. The van der Waals surface area contributed by atoms with Gasteiger partial charge in [-0.25, -0.2) is 0 Å². The first-order valence-electron chi connectivity index (χ1n) is 5.62. The predicted molar refractivity (Wildman–Crippen MR) is 70.1 cm³/mol. The van der Waals surface area contributed by atoms with Gasteiger partial charge in [-0.1, -0.05) is 6.07 Å². The molecule has 96 valence electrons. The number of esters is 1. The molecule has 0 radical (unpaired) electrons. The van der Waals surface area contributed by atoms with Crippen LogP contribution >= 0.6 is 11.3 Å². The van der Waals surface area contributed by atoms with Gasteiger partial charge in [-0.15, -0.1) is 11.3 Å². The maximum atomic E-state index is 11.6. The number of methoxy groups -OCH3 is 1. The molecular weight excluding hydrogens is 236 g/mol. The van der Waals surface area contributed by atoms with Crippen molar-refractivity contribution in [3.05, 3.63) is 22.4 Å². The van der Waals surface area contributed by atoms with Gasteiger partial charge in [0.25, 0.3) is 0 Å². The highest BCUT2D eigenvalue weighted by molar-refractivity contribution is 7.09. The molecule has 0 aromatic carbocycles. The highest BCUT2D eigenvalue weighted by atomic mass is 32.1. The molecule has 0 amide bonds. The summed E-state index contributed by atoms with van der Waals surface area (Å²) in [5.74, 6) is -0.270. The normalized spacial score (nSPS) is 14.6. The van der Waals surface area contributed by atoms with E-state index in [0.29, 0.717) is 0 Å². The topological polar surface area (TPSA) is 55.6 Å². The Labute approximate surface area is 106 Å². The van der Waals surface area contributed by atoms with Crippen LogP contribution in [0.3, 0.4) is 0 Å². The van der Waals surface area contributed by atoms with E-state index in [1.165, 1.54) is 12.0 Å². The van der Waals surface area contributed by atoms with Gasteiger partial charge >= 0.3 is 5.97 Å². The Morgan fingerprint density at radius 2 is 2.35 bits per heavy atom. The minimum atomic E-state index is -0.366. The molecule has 0 saturated carbocycles. The summed E-state index contributed by atoms with van der Waals surface area (Å²) in [4.78, 5) is 14.8. The molecule has 0 aliphatic carbocycles. The van der Waals surface area contributed by atoms with Crippen LogP contribution < -0.4 is 5.73 Å². The van der Waals surface area contributed by atoms with Gasteiger partial charge in [0.1, 0.15) is 6.04 Å². The summed E-state index contributed by atoms with van der Waals surface area (Å²) in [5.41, 5.74) is 5.62. The van der Waals surface area contributed by atoms with Crippen LogP contribution in [0, 0.1) is 0 Å². The molecule has 1 aromatic heterocycles. The minimum Gasteiger partial charge on any atom is -0.468 e. The number of nitrogens with zero attached hydrogens (tertiary/aromatic N) is 1. The number of hydrogen-bond acceptors (Lipinski definition) is 5. The van der Waals surface area contributed by atoms with Crippen LogP contribution in [0.25, 0.3) is 0 Å². The molecular formula is C12H20N2O2S. The summed E-state index contributed by atoms with van der Waals surface area (Å²) in [7, 11) is 3.30. The number of carbonyl (C=O) groups is 1. The molecule has 5 heteroatoms. The zero-order chi connectivity index (χ0) is 12.8. The number of nitrogens with two attached hydrogens (primary N) is 1. The summed E-state index contributed by atoms with van der Waals surface area (Å²) >= 11 is 1.73. The van der Waals surface area contributed by atoms with Gasteiger partial charge < -0.3 is 10.5 Å². The van der Waals surface area contributed by atoms with E-state index in [9.17, 15) is 4.79 Å². The summed E-state index contributed by atoms with van der Waals surface area (Å²) in [6, 6.07) is 4.02. The monoisotopic (exact) mass is 256 g/mol.